The zero-order chi connectivity index (χ0) is 14.2. The van der Waals surface area contributed by atoms with E-state index in [0.717, 1.165) is 0 Å². The summed E-state index contributed by atoms with van der Waals surface area (Å²) in [5, 5.41) is 9.76. The molecule has 0 aliphatic carbocycles. The summed E-state index contributed by atoms with van der Waals surface area (Å²) in [4.78, 5) is 18.8. The standard InChI is InChI=1S/C13H13BrN2O3/c1-6-7(2)15-12(16-13(6)18)8-4-9(14)11(17)10(5-8)19-3/h4-5,17H,1-3H3,(H,15,16,18). The van der Waals surface area contributed by atoms with Crippen molar-refractivity contribution < 1.29 is 9.84 Å². The van der Waals surface area contributed by atoms with Crippen molar-refractivity contribution >= 4 is 15.9 Å². The van der Waals surface area contributed by atoms with E-state index in [4.69, 9.17) is 4.74 Å². The molecule has 6 heteroatoms. The van der Waals surface area contributed by atoms with Crippen molar-refractivity contribution in [3.63, 3.8) is 0 Å². The molecule has 0 bridgehead atoms. The molecule has 2 aromatic rings. The highest BCUT2D eigenvalue weighted by Gasteiger charge is 2.12. The maximum absolute atomic E-state index is 11.8. The highest BCUT2D eigenvalue weighted by atomic mass is 79.9. The Morgan fingerprint density at radius 1 is 1.37 bits per heavy atom. The van der Waals surface area contributed by atoms with E-state index in [1.54, 1.807) is 26.0 Å². The molecule has 0 saturated heterocycles. The Morgan fingerprint density at radius 3 is 2.63 bits per heavy atom. The van der Waals surface area contributed by atoms with Crippen LogP contribution >= 0.6 is 15.9 Å². The van der Waals surface area contributed by atoms with Crippen molar-refractivity contribution in [2.75, 3.05) is 7.11 Å². The number of halogens is 1. The summed E-state index contributed by atoms with van der Waals surface area (Å²) < 4.78 is 5.55. The van der Waals surface area contributed by atoms with Crippen LogP contribution in [0.3, 0.4) is 0 Å². The quantitative estimate of drug-likeness (QED) is 0.890. The highest BCUT2D eigenvalue weighted by Crippen LogP contribution is 2.37. The summed E-state index contributed by atoms with van der Waals surface area (Å²) in [6, 6.07) is 3.29. The van der Waals surface area contributed by atoms with Gasteiger partial charge in [0.05, 0.1) is 11.6 Å². The molecular weight excluding hydrogens is 312 g/mol. The molecule has 0 aliphatic rings. The number of nitrogens with zero attached hydrogens (tertiary/aromatic N) is 1. The van der Waals surface area contributed by atoms with Crippen LogP contribution in [0.5, 0.6) is 11.5 Å². The third-order valence-corrected chi connectivity index (χ3v) is 3.52. The second kappa shape index (κ2) is 5.05. The van der Waals surface area contributed by atoms with Crippen molar-refractivity contribution in [2.45, 2.75) is 13.8 Å². The summed E-state index contributed by atoms with van der Waals surface area (Å²) in [6.45, 7) is 3.50. The Hall–Kier alpha value is -1.82. The first-order valence-electron chi connectivity index (χ1n) is 5.58. The zero-order valence-electron chi connectivity index (χ0n) is 10.7. The van der Waals surface area contributed by atoms with Gasteiger partial charge < -0.3 is 14.8 Å². The van der Waals surface area contributed by atoms with Gasteiger partial charge in [-0.25, -0.2) is 4.98 Å². The number of aromatic nitrogens is 2. The lowest BCUT2D eigenvalue weighted by atomic mass is 10.1. The van der Waals surface area contributed by atoms with Gasteiger partial charge in [-0.1, -0.05) is 0 Å². The minimum absolute atomic E-state index is 0.0115. The normalized spacial score (nSPS) is 10.5. The lowest BCUT2D eigenvalue weighted by molar-refractivity contribution is 0.372. The largest absolute Gasteiger partial charge is 0.503 e. The second-order valence-electron chi connectivity index (χ2n) is 4.13. The van der Waals surface area contributed by atoms with Gasteiger partial charge >= 0.3 is 0 Å². The van der Waals surface area contributed by atoms with Crippen LogP contribution < -0.4 is 10.3 Å². The van der Waals surface area contributed by atoms with E-state index in [2.05, 4.69) is 25.9 Å². The number of aryl methyl sites for hydroxylation is 1. The number of ether oxygens (including phenoxy) is 1. The number of methoxy groups -OCH3 is 1. The maximum atomic E-state index is 11.8. The van der Waals surface area contributed by atoms with E-state index < -0.39 is 0 Å². The first-order valence-corrected chi connectivity index (χ1v) is 6.37. The van der Waals surface area contributed by atoms with Gasteiger partial charge in [0.15, 0.2) is 11.5 Å². The number of phenolic OH excluding ortho intramolecular Hbond substituents is 1. The van der Waals surface area contributed by atoms with Crippen LogP contribution in [0.25, 0.3) is 11.4 Å². The van der Waals surface area contributed by atoms with Gasteiger partial charge in [0.2, 0.25) is 0 Å². The molecule has 0 fully saturated rings. The fourth-order valence-corrected chi connectivity index (χ4v) is 2.09. The van der Waals surface area contributed by atoms with Gasteiger partial charge in [-0.15, -0.1) is 0 Å². The summed E-state index contributed by atoms with van der Waals surface area (Å²) in [5.41, 5.74) is 1.74. The van der Waals surface area contributed by atoms with Gasteiger partial charge in [0, 0.05) is 16.8 Å². The molecule has 1 aromatic heterocycles. The first kappa shape index (κ1) is 13.6. The third-order valence-electron chi connectivity index (χ3n) is 2.92. The van der Waals surface area contributed by atoms with Crippen LogP contribution in [-0.4, -0.2) is 22.2 Å². The van der Waals surface area contributed by atoms with Gasteiger partial charge in [-0.2, -0.15) is 0 Å². The Balaban J connectivity index is 2.66. The number of hydrogen-bond donors (Lipinski definition) is 2. The number of aromatic amines is 1. The van der Waals surface area contributed by atoms with Crippen molar-refractivity contribution in [1.29, 1.82) is 0 Å². The third kappa shape index (κ3) is 2.49. The number of aromatic hydroxyl groups is 1. The van der Waals surface area contributed by atoms with Crippen LogP contribution in [0.2, 0.25) is 0 Å². The van der Waals surface area contributed by atoms with Gasteiger partial charge in [-0.3, -0.25) is 4.79 Å². The molecule has 5 nitrogen and oxygen atoms in total. The van der Waals surface area contributed by atoms with Crippen LogP contribution in [0.4, 0.5) is 0 Å². The minimum Gasteiger partial charge on any atom is -0.503 e. The molecule has 0 aliphatic heterocycles. The monoisotopic (exact) mass is 324 g/mol. The second-order valence-corrected chi connectivity index (χ2v) is 4.99. The van der Waals surface area contributed by atoms with Crippen molar-refractivity contribution in [3.8, 4) is 22.9 Å². The number of rotatable bonds is 2. The Morgan fingerprint density at radius 2 is 2.05 bits per heavy atom. The smallest absolute Gasteiger partial charge is 0.254 e. The predicted molar refractivity (Wildman–Crippen MR) is 75.7 cm³/mol. The molecule has 0 radical (unpaired) electrons. The zero-order valence-corrected chi connectivity index (χ0v) is 12.3. The van der Waals surface area contributed by atoms with Crippen LogP contribution in [0, 0.1) is 13.8 Å². The van der Waals surface area contributed by atoms with E-state index >= 15 is 0 Å². The molecular formula is C13H13BrN2O3. The summed E-state index contributed by atoms with van der Waals surface area (Å²) in [5.74, 6) is 0.759. The maximum Gasteiger partial charge on any atom is 0.254 e. The van der Waals surface area contributed by atoms with Crippen LogP contribution in [-0.2, 0) is 0 Å². The molecule has 0 atom stereocenters. The van der Waals surface area contributed by atoms with Crippen molar-refractivity contribution in [3.05, 3.63) is 38.2 Å². The fourth-order valence-electron chi connectivity index (χ4n) is 1.65. The molecule has 19 heavy (non-hydrogen) atoms. The first-order chi connectivity index (χ1) is 8.93. The number of nitrogens with one attached hydrogen (secondary N) is 1. The summed E-state index contributed by atoms with van der Waals surface area (Å²) >= 11 is 3.24. The van der Waals surface area contributed by atoms with Gasteiger partial charge in [0.25, 0.3) is 5.56 Å². The lowest BCUT2D eigenvalue weighted by Gasteiger charge is -2.09. The minimum atomic E-state index is -0.175. The summed E-state index contributed by atoms with van der Waals surface area (Å²) in [6.07, 6.45) is 0. The molecule has 0 unspecified atom stereocenters. The predicted octanol–water partition coefficient (Wildman–Crippen LogP) is 2.53. The topological polar surface area (TPSA) is 75.2 Å². The Kier molecular flexibility index (Phi) is 3.61. The van der Waals surface area contributed by atoms with Gasteiger partial charge in [-0.05, 0) is 41.9 Å². The van der Waals surface area contributed by atoms with Crippen molar-refractivity contribution in [2.24, 2.45) is 0 Å². The highest BCUT2D eigenvalue weighted by molar-refractivity contribution is 9.10. The number of H-pyrrole nitrogens is 1. The average molecular weight is 325 g/mol. The number of benzene rings is 1. The SMILES string of the molecule is COc1cc(-c2nc(C)c(C)c(=O)[nH]2)cc(Br)c1O. The molecule has 100 valence electrons. The van der Waals surface area contributed by atoms with E-state index in [9.17, 15) is 9.90 Å². The molecule has 2 rings (SSSR count). The van der Waals surface area contributed by atoms with E-state index in [1.165, 1.54) is 7.11 Å². The molecule has 1 heterocycles. The van der Waals surface area contributed by atoms with Gasteiger partial charge in [0.1, 0.15) is 5.82 Å². The molecule has 0 saturated carbocycles. The van der Waals surface area contributed by atoms with Crippen LogP contribution in [0.15, 0.2) is 21.4 Å². The van der Waals surface area contributed by atoms with E-state index in [0.29, 0.717) is 32.9 Å². The van der Waals surface area contributed by atoms with Crippen molar-refractivity contribution in [1.82, 2.24) is 9.97 Å². The lowest BCUT2D eigenvalue weighted by Crippen LogP contribution is -2.14. The Bertz CT molecular complexity index is 695. The Labute approximate surface area is 118 Å². The fraction of sp³-hybridized carbons (Fsp3) is 0.231. The molecule has 0 spiro atoms. The van der Waals surface area contributed by atoms with E-state index in [-0.39, 0.29) is 11.3 Å². The molecule has 2 N–H and O–H groups in total. The average Bonchev–Trinajstić information content (AvgIpc) is 2.38. The summed E-state index contributed by atoms with van der Waals surface area (Å²) in [7, 11) is 1.46. The van der Waals surface area contributed by atoms with Crippen LogP contribution in [0.1, 0.15) is 11.3 Å². The molecule has 1 aromatic carbocycles. The number of hydrogen-bond acceptors (Lipinski definition) is 4. The number of phenols is 1. The molecule has 0 amide bonds. The van der Waals surface area contributed by atoms with E-state index in [1.807, 2.05) is 0 Å².